The largest absolute Gasteiger partial charge is 0.477 e. The van der Waals surface area contributed by atoms with Crippen LogP contribution in [0.25, 0.3) is 0 Å². The van der Waals surface area contributed by atoms with E-state index in [9.17, 15) is 4.79 Å². The molecule has 5 heteroatoms. The summed E-state index contributed by atoms with van der Waals surface area (Å²) in [6.07, 6.45) is 2.58. The maximum Gasteiger partial charge on any atom is 0.341 e. The second-order valence-corrected chi connectivity index (χ2v) is 3.58. The van der Waals surface area contributed by atoms with Crippen LogP contribution in [0.15, 0.2) is 36.8 Å². The van der Waals surface area contributed by atoms with Crippen molar-refractivity contribution in [3.05, 3.63) is 47.9 Å². The lowest BCUT2D eigenvalue weighted by molar-refractivity contribution is 0.0697. The van der Waals surface area contributed by atoms with Crippen molar-refractivity contribution < 1.29 is 9.90 Å². The number of hydrogen-bond donors (Lipinski definition) is 2. The second-order valence-electron chi connectivity index (χ2n) is 3.58. The molecule has 5 nitrogen and oxygen atoms in total. The van der Waals surface area contributed by atoms with Gasteiger partial charge in [-0.1, -0.05) is 17.7 Å². The molecule has 1 heterocycles. The highest BCUT2D eigenvalue weighted by Crippen LogP contribution is 2.17. The molecule has 0 unspecified atom stereocenters. The monoisotopic (exact) mass is 229 g/mol. The molecule has 0 amide bonds. The topological polar surface area (TPSA) is 75.1 Å². The Morgan fingerprint density at radius 2 is 2.00 bits per heavy atom. The molecule has 2 aromatic rings. The van der Waals surface area contributed by atoms with Crippen molar-refractivity contribution in [3.8, 4) is 0 Å². The van der Waals surface area contributed by atoms with Crippen molar-refractivity contribution in [2.75, 3.05) is 5.32 Å². The van der Waals surface area contributed by atoms with Crippen LogP contribution in [0, 0.1) is 6.92 Å². The predicted octanol–water partition coefficient (Wildman–Crippen LogP) is 2.23. The fourth-order valence-electron chi connectivity index (χ4n) is 1.36. The van der Waals surface area contributed by atoms with Crippen molar-refractivity contribution in [1.29, 1.82) is 0 Å². The second kappa shape index (κ2) is 4.61. The minimum absolute atomic E-state index is 0.0491. The maximum atomic E-state index is 10.9. The minimum atomic E-state index is -1.06. The standard InChI is InChI=1S/C12H11N3O2/c1-8-2-4-9(5-3-8)15-11-10(12(16)17)6-13-7-14-11/h2-7H,1H3,(H,16,17)(H,13,14,15). The van der Waals surface area contributed by atoms with Crippen molar-refractivity contribution in [3.63, 3.8) is 0 Å². The van der Waals surface area contributed by atoms with Crippen LogP contribution in [0.3, 0.4) is 0 Å². The molecule has 0 aliphatic heterocycles. The molecule has 0 radical (unpaired) electrons. The highest BCUT2D eigenvalue weighted by atomic mass is 16.4. The van der Waals surface area contributed by atoms with Gasteiger partial charge in [-0.3, -0.25) is 0 Å². The SMILES string of the molecule is Cc1ccc(Nc2ncncc2C(=O)O)cc1. The van der Waals surface area contributed by atoms with Gasteiger partial charge >= 0.3 is 5.97 Å². The number of aromatic carboxylic acids is 1. The number of rotatable bonds is 3. The molecular formula is C12H11N3O2. The van der Waals surface area contributed by atoms with E-state index in [1.54, 1.807) is 0 Å². The third-order valence-electron chi connectivity index (χ3n) is 2.26. The summed E-state index contributed by atoms with van der Waals surface area (Å²) in [5, 5.41) is 11.9. The Labute approximate surface area is 98.2 Å². The van der Waals surface area contributed by atoms with Gasteiger partial charge in [-0.2, -0.15) is 0 Å². The number of carbonyl (C=O) groups is 1. The highest BCUT2D eigenvalue weighted by molar-refractivity contribution is 5.93. The van der Waals surface area contributed by atoms with E-state index in [0.717, 1.165) is 11.3 Å². The van der Waals surface area contributed by atoms with Gasteiger partial charge in [-0.25, -0.2) is 14.8 Å². The number of aryl methyl sites for hydroxylation is 1. The van der Waals surface area contributed by atoms with Crippen molar-refractivity contribution in [1.82, 2.24) is 9.97 Å². The minimum Gasteiger partial charge on any atom is -0.477 e. The van der Waals surface area contributed by atoms with Gasteiger partial charge in [0.1, 0.15) is 17.7 Å². The summed E-state index contributed by atoms with van der Waals surface area (Å²) < 4.78 is 0. The Kier molecular flexibility index (Phi) is 3.00. The molecule has 1 aromatic heterocycles. The first-order valence-corrected chi connectivity index (χ1v) is 5.04. The zero-order chi connectivity index (χ0) is 12.3. The van der Waals surface area contributed by atoms with Crippen LogP contribution >= 0.6 is 0 Å². The van der Waals surface area contributed by atoms with Crippen LogP contribution in [0.1, 0.15) is 15.9 Å². The lowest BCUT2D eigenvalue weighted by Crippen LogP contribution is -2.05. The van der Waals surface area contributed by atoms with Gasteiger partial charge < -0.3 is 10.4 Å². The normalized spacial score (nSPS) is 9.94. The van der Waals surface area contributed by atoms with E-state index in [1.165, 1.54) is 12.5 Å². The lowest BCUT2D eigenvalue weighted by Gasteiger charge is -2.07. The average Bonchev–Trinajstić information content (AvgIpc) is 2.32. The number of nitrogens with zero attached hydrogens (tertiary/aromatic N) is 2. The number of carboxylic acid groups (broad SMARTS) is 1. The molecule has 2 N–H and O–H groups in total. The van der Waals surface area contributed by atoms with E-state index in [2.05, 4.69) is 15.3 Å². The van der Waals surface area contributed by atoms with E-state index in [0.29, 0.717) is 0 Å². The molecule has 0 atom stereocenters. The number of nitrogens with one attached hydrogen (secondary N) is 1. The van der Waals surface area contributed by atoms with E-state index >= 15 is 0 Å². The Bertz CT molecular complexity index is 538. The fourth-order valence-corrected chi connectivity index (χ4v) is 1.36. The van der Waals surface area contributed by atoms with Gasteiger partial charge in [-0.15, -0.1) is 0 Å². The number of hydrogen-bond acceptors (Lipinski definition) is 4. The van der Waals surface area contributed by atoms with Gasteiger partial charge in [0.15, 0.2) is 0 Å². The van der Waals surface area contributed by atoms with Crippen molar-refractivity contribution in [2.24, 2.45) is 0 Å². The molecule has 86 valence electrons. The van der Waals surface area contributed by atoms with Crippen molar-refractivity contribution >= 4 is 17.5 Å². The highest BCUT2D eigenvalue weighted by Gasteiger charge is 2.11. The Morgan fingerprint density at radius 3 is 2.65 bits per heavy atom. The zero-order valence-electron chi connectivity index (χ0n) is 9.21. The molecule has 0 spiro atoms. The van der Waals surface area contributed by atoms with Crippen LogP contribution in [-0.2, 0) is 0 Å². The number of carboxylic acids is 1. The average molecular weight is 229 g/mol. The lowest BCUT2D eigenvalue weighted by atomic mass is 10.2. The van der Waals surface area contributed by atoms with Gasteiger partial charge in [0.25, 0.3) is 0 Å². The van der Waals surface area contributed by atoms with Crippen LogP contribution in [0.5, 0.6) is 0 Å². The van der Waals surface area contributed by atoms with E-state index in [4.69, 9.17) is 5.11 Å². The number of benzene rings is 1. The summed E-state index contributed by atoms with van der Waals surface area (Å²) in [7, 11) is 0. The quantitative estimate of drug-likeness (QED) is 0.844. The Balaban J connectivity index is 2.30. The summed E-state index contributed by atoms with van der Waals surface area (Å²) >= 11 is 0. The molecular weight excluding hydrogens is 218 g/mol. The molecule has 1 aromatic carbocycles. The summed E-state index contributed by atoms with van der Waals surface area (Å²) in [6, 6.07) is 7.60. The maximum absolute atomic E-state index is 10.9. The molecule has 17 heavy (non-hydrogen) atoms. The Morgan fingerprint density at radius 1 is 1.29 bits per heavy atom. The van der Waals surface area contributed by atoms with Crippen molar-refractivity contribution in [2.45, 2.75) is 6.92 Å². The third-order valence-corrected chi connectivity index (χ3v) is 2.26. The van der Waals surface area contributed by atoms with Crippen LogP contribution in [0.2, 0.25) is 0 Å². The first-order valence-electron chi connectivity index (χ1n) is 5.04. The molecule has 2 rings (SSSR count). The molecule has 0 bridgehead atoms. The third kappa shape index (κ3) is 2.57. The molecule has 0 fully saturated rings. The van der Waals surface area contributed by atoms with Gasteiger partial charge in [-0.05, 0) is 19.1 Å². The zero-order valence-corrected chi connectivity index (χ0v) is 9.21. The van der Waals surface area contributed by atoms with E-state index in [1.807, 2.05) is 31.2 Å². The predicted molar refractivity (Wildman–Crippen MR) is 63.5 cm³/mol. The Hall–Kier alpha value is -2.43. The molecule has 0 aliphatic carbocycles. The summed E-state index contributed by atoms with van der Waals surface area (Å²) in [5.41, 5.74) is 1.97. The smallest absolute Gasteiger partial charge is 0.341 e. The van der Waals surface area contributed by atoms with Crippen LogP contribution in [-0.4, -0.2) is 21.0 Å². The molecule has 0 aliphatic rings. The molecule has 0 saturated carbocycles. The first kappa shape index (κ1) is 11.1. The van der Waals surface area contributed by atoms with Crippen LogP contribution < -0.4 is 5.32 Å². The summed E-state index contributed by atoms with van der Waals surface area (Å²) in [4.78, 5) is 18.6. The van der Waals surface area contributed by atoms with Gasteiger partial charge in [0.05, 0.1) is 0 Å². The fraction of sp³-hybridized carbons (Fsp3) is 0.0833. The van der Waals surface area contributed by atoms with E-state index in [-0.39, 0.29) is 11.4 Å². The van der Waals surface area contributed by atoms with Crippen LogP contribution in [0.4, 0.5) is 11.5 Å². The number of anilines is 2. The summed E-state index contributed by atoms with van der Waals surface area (Å²) in [5.74, 6) is -0.767. The summed E-state index contributed by atoms with van der Waals surface area (Å²) in [6.45, 7) is 1.98. The number of aromatic nitrogens is 2. The first-order chi connectivity index (χ1) is 8.16. The van der Waals surface area contributed by atoms with Gasteiger partial charge in [0, 0.05) is 11.9 Å². The molecule has 0 saturated heterocycles. The van der Waals surface area contributed by atoms with E-state index < -0.39 is 5.97 Å². The van der Waals surface area contributed by atoms with Gasteiger partial charge in [0.2, 0.25) is 0 Å².